The lowest BCUT2D eigenvalue weighted by atomic mass is 10.4. The van der Waals surface area contributed by atoms with E-state index in [1.165, 1.54) is 0 Å². The van der Waals surface area contributed by atoms with Crippen molar-refractivity contribution < 1.29 is 4.39 Å². The molecule has 0 heterocycles. The summed E-state index contributed by atoms with van der Waals surface area (Å²) < 4.78 is 11.8. The van der Waals surface area contributed by atoms with Crippen LogP contribution in [0.15, 0.2) is 25.3 Å². The van der Waals surface area contributed by atoms with E-state index in [4.69, 9.17) is 0 Å². The van der Waals surface area contributed by atoms with Crippen LogP contribution in [0.5, 0.6) is 0 Å². The van der Waals surface area contributed by atoms with Crippen molar-refractivity contribution in [3.63, 3.8) is 0 Å². The Morgan fingerprint density at radius 1 is 1.20 bits per heavy atom. The van der Waals surface area contributed by atoms with Gasteiger partial charge in [-0.3, -0.25) is 4.90 Å². The van der Waals surface area contributed by atoms with Crippen molar-refractivity contribution in [3.8, 4) is 0 Å². The SMILES string of the molecule is C=CCN(CC=C)CCF. The Hall–Kier alpha value is -0.630. The van der Waals surface area contributed by atoms with Gasteiger partial charge in [0.15, 0.2) is 0 Å². The summed E-state index contributed by atoms with van der Waals surface area (Å²) in [7, 11) is 0. The van der Waals surface area contributed by atoms with Gasteiger partial charge in [0.2, 0.25) is 0 Å². The predicted molar refractivity (Wildman–Crippen MR) is 42.8 cm³/mol. The van der Waals surface area contributed by atoms with Crippen LogP contribution in [0.4, 0.5) is 4.39 Å². The van der Waals surface area contributed by atoms with Crippen LogP contribution in [0.2, 0.25) is 0 Å². The largest absolute Gasteiger partial charge is 0.293 e. The van der Waals surface area contributed by atoms with Crippen LogP contribution in [0, 0.1) is 0 Å². The van der Waals surface area contributed by atoms with Gasteiger partial charge in [-0.25, -0.2) is 4.39 Å². The number of hydrogen-bond acceptors (Lipinski definition) is 1. The quantitative estimate of drug-likeness (QED) is 0.511. The lowest BCUT2D eigenvalue weighted by molar-refractivity contribution is 0.295. The Labute approximate surface area is 61.8 Å². The van der Waals surface area contributed by atoms with E-state index in [0.717, 1.165) is 13.1 Å². The third kappa shape index (κ3) is 4.27. The summed E-state index contributed by atoms with van der Waals surface area (Å²) in [6, 6.07) is 0. The molecule has 0 saturated carbocycles. The molecule has 0 bridgehead atoms. The summed E-state index contributed by atoms with van der Waals surface area (Å²) in [6.07, 6.45) is 3.53. The number of nitrogens with zero attached hydrogens (tertiary/aromatic N) is 1. The van der Waals surface area contributed by atoms with E-state index >= 15 is 0 Å². The first-order valence-corrected chi connectivity index (χ1v) is 3.35. The molecule has 0 aromatic carbocycles. The van der Waals surface area contributed by atoms with Gasteiger partial charge in [-0.05, 0) is 0 Å². The van der Waals surface area contributed by atoms with Gasteiger partial charge in [0.1, 0.15) is 6.67 Å². The van der Waals surface area contributed by atoms with Gasteiger partial charge in [-0.15, -0.1) is 13.2 Å². The van der Waals surface area contributed by atoms with Crippen LogP contribution < -0.4 is 0 Å². The van der Waals surface area contributed by atoms with Crippen molar-refractivity contribution in [3.05, 3.63) is 25.3 Å². The Balaban J connectivity index is 3.48. The van der Waals surface area contributed by atoms with Crippen LogP contribution in [-0.4, -0.2) is 31.2 Å². The van der Waals surface area contributed by atoms with E-state index in [2.05, 4.69) is 13.2 Å². The van der Waals surface area contributed by atoms with Crippen molar-refractivity contribution in [1.82, 2.24) is 4.90 Å². The topological polar surface area (TPSA) is 3.24 Å². The van der Waals surface area contributed by atoms with Crippen LogP contribution >= 0.6 is 0 Å². The molecule has 0 spiro atoms. The highest BCUT2D eigenvalue weighted by atomic mass is 19.1. The first-order chi connectivity index (χ1) is 4.85. The fourth-order valence-corrected chi connectivity index (χ4v) is 0.742. The van der Waals surface area contributed by atoms with Gasteiger partial charge in [-0.1, -0.05) is 12.2 Å². The van der Waals surface area contributed by atoms with Crippen LogP contribution in [0.1, 0.15) is 0 Å². The minimum atomic E-state index is -0.304. The Morgan fingerprint density at radius 3 is 2.00 bits per heavy atom. The number of halogens is 1. The fourth-order valence-electron chi connectivity index (χ4n) is 0.742. The normalized spacial score (nSPS) is 9.80. The Bertz CT molecular complexity index is 91.4. The highest BCUT2D eigenvalue weighted by Crippen LogP contribution is 1.88. The van der Waals surface area contributed by atoms with Crippen LogP contribution in [0.25, 0.3) is 0 Å². The highest BCUT2D eigenvalue weighted by Gasteiger charge is 1.97. The van der Waals surface area contributed by atoms with E-state index in [9.17, 15) is 4.39 Å². The van der Waals surface area contributed by atoms with Gasteiger partial charge in [0.25, 0.3) is 0 Å². The minimum Gasteiger partial charge on any atom is -0.293 e. The molecule has 0 aliphatic heterocycles. The molecule has 0 aliphatic carbocycles. The monoisotopic (exact) mass is 143 g/mol. The van der Waals surface area contributed by atoms with Gasteiger partial charge in [-0.2, -0.15) is 0 Å². The second kappa shape index (κ2) is 6.49. The second-order valence-corrected chi connectivity index (χ2v) is 2.03. The van der Waals surface area contributed by atoms with Gasteiger partial charge in [0.05, 0.1) is 0 Å². The van der Waals surface area contributed by atoms with Gasteiger partial charge in [0, 0.05) is 19.6 Å². The maximum Gasteiger partial charge on any atom is 0.102 e. The van der Waals surface area contributed by atoms with Crippen LogP contribution in [-0.2, 0) is 0 Å². The van der Waals surface area contributed by atoms with Crippen molar-refractivity contribution in [2.24, 2.45) is 0 Å². The zero-order valence-corrected chi connectivity index (χ0v) is 6.22. The molecule has 1 nitrogen and oxygen atoms in total. The molecular weight excluding hydrogens is 129 g/mol. The molecule has 2 heteroatoms. The summed E-state index contributed by atoms with van der Waals surface area (Å²) in [5.41, 5.74) is 0. The Kier molecular flexibility index (Phi) is 6.08. The molecule has 10 heavy (non-hydrogen) atoms. The van der Waals surface area contributed by atoms with Crippen molar-refractivity contribution in [2.75, 3.05) is 26.3 Å². The van der Waals surface area contributed by atoms with E-state index in [-0.39, 0.29) is 6.67 Å². The summed E-state index contributed by atoms with van der Waals surface area (Å²) >= 11 is 0. The molecule has 0 rings (SSSR count). The molecule has 0 fully saturated rings. The van der Waals surface area contributed by atoms with Crippen molar-refractivity contribution in [2.45, 2.75) is 0 Å². The average Bonchev–Trinajstić information content (AvgIpc) is 1.90. The molecule has 0 N–H and O–H groups in total. The van der Waals surface area contributed by atoms with Crippen molar-refractivity contribution >= 4 is 0 Å². The maximum atomic E-state index is 11.8. The summed E-state index contributed by atoms with van der Waals surface area (Å²) in [6.45, 7) is 8.76. The summed E-state index contributed by atoms with van der Waals surface area (Å²) in [5.74, 6) is 0. The highest BCUT2D eigenvalue weighted by molar-refractivity contribution is 4.79. The molecule has 0 saturated heterocycles. The van der Waals surface area contributed by atoms with E-state index in [1.807, 2.05) is 4.90 Å². The molecule has 0 radical (unpaired) electrons. The molecule has 0 aliphatic rings. The maximum absolute atomic E-state index is 11.8. The lowest BCUT2D eigenvalue weighted by Crippen LogP contribution is -2.25. The first kappa shape index (κ1) is 9.37. The molecule has 0 aromatic heterocycles. The summed E-state index contributed by atoms with van der Waals surface area (Å²) in [4.78, 5) is 1.93. The minimum absolute atomic E-state index is 0.304. The second-order valence-electron chi connectivity index (χ2n) is 2.03. The number of rotatable bonds is 6. The zero-order valence-electron chi connectivity index (χ0n) is 6.22. The molecule has 0 amide bonds. The predicted octanol–water partition coefficient (Wildman–Crippen LogP) is 1.63. The molecule has 58 valence electrons. The van der Waals surface area contributed by atoms with Gasteiger partial charge >= 0.3 is 0 Å². The van der Waals surface area contributed by atoms with E-state index < -0.39 is 0 Å². The van der Waals surface area contributed by atoms with E-state index in [1.54, 1.807) is 12.2 Å². The molecule has 0 atom stereocenters. The summed E-state index contributed by atoms with van der Waals surface area (Å²) in [5, 5.41) is 0. The number of hydrogen-bond donors (Lipinski definition) is 0. The molecular formula is C8H14FN. The molecule has 0 unspecified atom stereocenters. The third-order valence-electron chi connectivity index (χ3n) is 1.18. The van der Waals surface area contributed by atoms with Gasteiger partial charge < -0.3 is 0 Å². The first-order valence-electron chi connectivity index (χ1n) is 3.35. The van der Waals surface area contributed by atoms with E-state index in [0.29, 0.717) is 6.54 Å². The smallest absolute Gasteiger partial charge is 0.102 e. The Morgan fingerprint density at radius 2 is 1.70 bits per heavy atom. The number of alkyl halides is 1. The van der Waals surface area contributed by atoms with Crippen molar-refractivity contribution in [1.29, 1.82) is 0 Å². The zero-order chi connectivity index (χ0) is 7.82. The lowest BCUT2D eigenvalue weighted by Gasteiger charge is -2.15. The molecule has 0 aromatic rings. The third-order valence-corrected chi connectivity index (χ3v) is 1.18. The standard InChI is InChI=1S/C8H14FN/c1-3-6-10(7-4-2)8-5-9/h3-4H,1-2,5-8H2. The fraction of sp³-hybridized carbons (Fsp3) is 0.500. The van der Waals surface area contributed by atoms with Crippen LogP contribution in [0.3, 0.4) is 0 Å². The average molecular weight is 143 g/mol.